The summed E-state index contributed by atoms with van der Waals surface area (Å²) in [5.74, 6) is -1.05. The molecule has 2 rings (SSSR count). The predicted molar refractivity (Wildman–Crippen MR) is 87.2 cm³/mol. The van der Waals surface area contributed by atoms with Crippen molar-refractivity contribution < 1.29 is 18.3 Å². The van der Waals surface area contributed by atoms with Gasteiger partial charge in [0.25, 0.3) is 10.0 Å². The lowest BCUT2D eigenvalue weighted by molar-refractivity contribution is 0.0696. The lowest BCUT2D eigenvalue weighted by Gasteiger charge is -2.12. The Hall–Kier alpha value is -1.99. The van der Waals surface area contributed by atoms with Gasteiger partial charge < -0.3 is 5.11 Å². The van der Waals surface area contributed by atoms with Crippen LogP contribution >= 0.6 is 11.8 Å². The summed E-state index contributed by atoms with van der Waals surface area (Å²) in [6.07, 6.45) is 1.76. The normalized spacial score (nSPS) is 11.2. The number of carboxylic acids is 1. The fourth-order valence-corrected chi connectivity index (χ4v) is 3.73. The molecular weight excluding hydrogens is 322 g/mol. The maximum absolute atomic E-state index is 12.4. The van der Waals surface area contributed by atoms with Crippen LogP contribution in [0, 0.1) is 6.92 Å². The number of aryl methyl sites for hydroxylation is 1. The predicted octanol–water partition coefficient (Wildman–Crippen LogP) is 3.22. The molecule has 0 atom stereocenters. The first-order chi connectivity index (χ1) is 10.3. The molecule has 2 aromatic carbocycles. The van der Waals surface area contributed by atoms with Crippen LogP contribution in [-0.2, 0) is 10.0 Å². The zero-order chi connectivity index (χ0) is 16.3. The highest BCUT2D eigenvalue weighted by molar-refractivity contribution is 7.99. The molecule has 0 spiro atoms. The minimum atomic E-state index is -3.71. The summed E-state index contributed by atoms with van der Waals surface area (Å²) in [5, 5.41) is 8.99. The van der Waals surface area contributed by atoms with Crippen molar-refractivity contribution in [1.29, 1.82) is 0 Å². The van der Waals surface area contributed by atoms with E-state index < -0.39 is 16.0 Å². The molecule has 0 fully saturated rings. The van der Waals surface area contributed by atoms with Gasteiger partial charge in [-0.05, 0) is 49.1 Å². The minimum absolute atomic E-state index is 0.114. The molecule has 0 aliphatic rings. The van der Waals surface area contributed by atoms with E-state index in [2.05, 4.69) is 4.72 Å². The fourth-order valence-electron chi connectivity index (χ4n) is 1.89. The molecule has 2 aromatic rings. The lowest BCUT2D eigenvalue weighted by atomic mass is 10.2. The van der Waals surface area contributed by atoms with Crippen LogP contribution in [0.25, 0.3) is 0 Å². The third-order valence-corrected chi connectivity index (χ3v) is 5.13. The number of benzene rings is 2. The average Bonchev–Trinajstić information content (AvgIpc) is 2.47. The molecule has 0 heterocycles. The molecular formula is C15H15NO4S2. The van der Waals surface area contributed by atoms with Crippen LogP contribution in [0.5, 0.6) is 0 Å². The van der Waals surface area contributed by atoms with Gasteiger partial charge in [0.2, 0.25) is 0 Å². The van der Waals surface area contributed by atoms with Gasteiger partial charge in [0.15, 0.2) is 0 Å². The number of carbonyl (C=O) groups is 1. The number of hydrogen-bond acceptors (Lipinski definition) is 4. The van der Waals surface area contributed by atoms with Crippen molar-refractivity contribution in [1.82, 2.24) is 0 Å². The second-order valence-corrected chi connectivity index (χ2v) is 7.17. The number of sulfonamides is 1. The van der Waals surface area contributed by atoms with Crippen molar-refractivity contribution in [2.45, 2.75) is 16.7 Å². The summed E-state index contributed by atoms with van der Waals surface area (Å²) in [5.41, 5.74) is 1.32. The zero-order valence-corrected chi connectivity index (χ0v) is 13.7. The second kappa shape index (κ2) is 6.41. The summed E-state index contributed by atoms with van der Waals surface area (Å²) in [6, 6.07) is 10.9. The van der Waals surface area contributed by atoms with E-state index in [1.165, 1.54) is 36.0 Å². The molecule has 0 aromatic heterocycles. The SMILES string of the molecule is CSc1cc(C(=O)O)ccc1NS(=O)(=O)c1cccc(C)c1. The number of nitrogens with one attached hydrogen (secondary N) is 1. The Morgan fingerprint density at radius 3 is 2.50 bits per heavy atom. The van der Waals surface area contributed by atoms with E-state index in [-0.39, 0.29) is 10.5 Å². The molecule has 0 amide bonds. The number of carboxylic acid groups (broad SMARTS) is 1. The van der Waals surface area contributed by atoms with E-state index in [4.69, 9.17) is 5.11 Å². The molecule has 2 N–H and O–H groups in total. The van der Waals surface area contributed by atoms with E-state index in [0.29, 0.717) is 10.6 Å². The molecule has 5 nitrogen and oxygen atoms in total. The molecule has 0 aliphatic heterocycles. The van der Waals surface area contributed by atoms with Gasteiger partial charge in [0, 0.05) is 4.90 Å². The van der Waals surface area contributed by atoms with Gasteiger partial charge in [0.1, 0.15) is 0 Å². The van der Waals surface area contributed by atoms with E-state index >= 15 is 0 Å². The van der Waals surface area contributed by atoms with Crippen molar-refractivity contribution >= 4 is 33.4 Å². The highest BCUT2D eigenvalue weighted by Crippen LogP contribution is 2.28. The van der Waals surface area contributed by atoms with Crippen molar-refractivity contribution in [2.24, 2.45) is 0 Å². The first kappa shape index (κ1) is 16.4. The van der Waals surface area contributed by atoms with E-state index in [9.17, 15) is 13.2 Å². The standard InChI is InChI=1S/C15H15NO4S2/c1-10-4-3-5-12(8-10)22(19,20)16-13-7-6-11(15(17)18)9-14(13)21-2/h3-9,16H,1-2H3,(H,17,18). The lowest BCUT2D eigenvalue weighted by Crippen LogP contribution is -2.14. The number of rotatable bonds is 5. The Morgan fingerprint density at radius 1 is 1.18 bits per heavy atom. The summed E-state index contributed by atoms with van der Waals surface area (Å²) >= 11 is 1.28. The minimum Gasteiger partial charge on any atom is -0.478 e. The number of hydrogen-bond donors (Lipinski definition) is 2. The first-order valence-electron chi connectivity index (χ1n) is 6.34. The van der Waals surface area contributed by atoms with Crippen LogP contribution in [-0.4, -0.2) is 25.7 Å². The molecule has 116 valence electrons. The topological polar surface area (TPSA) is 83.5 Å². The van der Waals surface area contributed by atoms with Gasteiger partial charge in [-0.1, -0.05) is 12.1 Å². The third kappa shape index (κ3) is 3.61. The Bertz CT molecular complexity index is 816. The smallest absolute Gasteiger partial charge is 0.335 e. The van der Waals surface area contributed by atoms with Crippen LogP contribution in [0.2, 0.25) is 0 Å². The molecule has 7 heteroatoms. The third-order valence-electron chi connectivity index (χ3n) is 2.99. The summed E-state index contributed by atoms with van der Waals surface area (Å²) in [7, 11) is -3.71. The zero-order valence-electron chi connectivity index (χ0n) is 12.0. The van der Waals surface area contributed by atoms with Crippen molar-refractivity contribution in [3.05, 3.63) is 53.6 Å². The largest absolute Gasteiger partial charge is 0.478 e. The summed E-state index contributed by atoms with van der Waals surface area (Å²) in [6.45, 7) is 1.81. The monoisotopic (exact) mass is 337 g/mol. The highest BCUT2D eigenvalue weighted by Gasteiger charge is 2.17. The summed E-state index contributed by atoms with van der Waals surface area (Å²) in [4.78, 5) is 11.7. The van der Waals surface area contributed by atoms with Gasteiger partial charge >= 0.3 is 5.97 Å². The number of thioether (sulfide) groups is 1. The fraction of sp³-hybridized carbons (Fsp3) is 0.133. The second-order valence-electron chi connectivity index (χ2n) is 4.64. The quantitative estimate of drug-likeness (QED) is 0.819. The molecule has 0 saturated heterocycles. The number of anilines is 1. The maximum Gasteiger partial charge on any atom is 0.335 e. The van der Waals surface area contributed by atoms with Crippen LogP contribution in [0.3, 0.4) is 0 Å². The summed E-state index contributed by atoms with van der Waals surface area (Å²) < 4.78 is 27.3. The number of aromatic carboxylic acids is 1. The van der Waals surface area contributed by atoms with E-state index in [0.717, 1.165) is 5.56 Å². The Labute approximate surface area is 133 Å². The van der Waals surface area contributed by atoms with E-state index in [1.807, 2.05) is 13.0 Å². The Kier molecular flexibility index (Phi) is 4.77. The van der Waals surface area contributed by atoms with Crippen molar-refractivity contribution in [2.75, 3.05) is 11.0 Å². The van der Waals surface area contributed by atoms with Crippen molar-refractivity contribution in [3.8, 4) is 0 Å². The van der Waals surface area contributed by atoms with Gasteiger partial charge in [-0.3, -0.25) is 4.72 Å². The average molecular weight is 337 g/mol. The maximum atomic E-state index is 12.4. The van der Waals surface area contributed by atoms with Gasteiger partial charge in [-0.15, -0.1) is 11.8 Å². The van der Waals surface area contributed by atoms with Crippen LogP contribution in [0.4, 0.5) is 5.69 Å². The van der Waals surface area contributed by atoms with Gasteiger partial charge in [-0.2, -0.15) is 0 Å². The van der Waals surface area contributed by atoms with Crippen molar-refractivity contribution in [3.63, 3.8) is 0 Å². The van der Waals surface area contributed by atoms with Crippen LogP contribution in [0.1, 0.15) is 15.9 Å². The molecule has 0 bridgehead atoms. The van der Waals surface area contributed by atoms with E-state index in [1.54, 1.807) is 18.4 Å². The van der Waals surface area contributed by atoms with Gasteiger partial charge in [0.05, 0.1) is 16.1 Å². The molecule has 0 aliphatic carbocycles. The van der Waals surface area contributed by atoms with Crippen LogP contribution < -0.4 is 4.72 Å². The van der Waals surface area contributed by atoms with Gasteiger partial charge in [-0.25, -0.2) is 13.2 Å². The van der Waals surface area contributed by atoms with Crippen LogP contribution in [0.15, 0.2) is 52.3 Å². The molecule has 0 saturated carbocycles. The Morgan fingerprint density at radius 2 is 1.91 bits per heavy atom. The molecule has 22 heavy (non-hydrogen) atoms. The molecule has 0 radical (unpaired) electrons. The Balaban J connectivity index is 2.39. The molecule has 0 unspecified atom stereocenters. The highest BCUT2D eigenvalue weighted by atomic mass is 32.2. The first-order valence-corrected chi connectivity index (χ1v) is 9.05.